The van der Waals surface area contributed by atoms with Crippen molar-refractivity contribution >= 4 is 11.3 Å². The highest BCUT2D eigenvalue weighted by atomic mass is 32.1. The monoisotopic (exact) mass is 216 g/mol. The summed E-state index contributed by atoms with van der Waals surface area (Å²) in [6, 6.07) is 0. The number of hydrogen-bond donors (Lipinski definition) is 2. The largest absolute Gasteiger partial charge is 0.385 e. The van der Waals surface area contributed by atoms with Crippen molar-refractivity contribution in [1.29, 1.82) is 0 Å². The maximum absolute atomic E-state index is 10.8. The van der Waals surface area contributed by atoms with Gasteiger partial charge in [-0.15, -0.1) is 0 Å². The molecule has 4 nitrogen and oxygen atoms in total. The Kier molecular flexibility index (Phi) is 5.51. The number of methoxy groups -OCH3 is 1. The minimum absolute atomic E-state index is 0.0150. The summed E-state index contributed by atoms with van der Waals surface area (Å²) in [5.41, 5.74) is 0.965. The van der Waals surface area contributed by atoms with Crippen molar-refractivity contribution in [2.45, 2.75) is 19.4 Å². The topological polar surface area (TPSA) is 54.1 Å². The summed E-state index contributed by atoms with van der Waals surface area (Å²) >= 11 is 1.21. The number of hydrogen-bond acceptors (Lipinski definition) is 4. The van der Waals surface area contributed by atoms with E-state index in [1.165, 1.54) is 11.3 Å². The van der Waals surface area contributed by atoms with Gasteiger partial charge in [0.25, 0.3) is 0 Å². The zero-order valence-corrected chi connectivity index (χ0v) is 9.15. The molecule has 0 radical (unpaired) electrons. The third kappa shape index (κ3) is 4.55. The molecule has 80 valence electrons. The molecule has 14 heavy (non-hydrogen) atoms. The molecule has 1 heterocycles. The molecule has 2 N–H and O–H groups in total. The summed E-state index contributed by atoms with van der Waals surface area (Å²) in [6.07, 6.45) is 2.17. The highest BCUT2D eigenvalue weighted by Gasteiger charge is 1.95. The number of ether oxygens (including phenoxy) is 1. The van der Waals surface area contributed by atoms with Gasteiger partial charge >= 0.3 is 4.87 Å². The highest BCUT2D eigenvalue weighted by Crippen LogP contribution is 1.94. The van der Waals surface area contributed by atoms with Gasteiger partial charge in [0.15, 0.2) is 0 Å². The summed E-state index contributed by atoms with van der Waals surface area (Å²) in [7, 11) is 1.71. The van der Waals surface area contributed by atoms with E-state index >= 15 is 0 Å². The third-order valence-corrected chi connectivity index (χ3v) is 2.56. The van der Waals surface area contributed by atoms with Gasteiger partial charge in [-0.1, -0.05) is 11.3 Å². The van der Waals surface area contributed by atoms with Gasteiger partial charge in [-0.05, 0) is 19.4 Å². The Hall–Kier alpha value is -0.650. The van der Waals surface area contributed by atoms with E-state index in [-0.39, 0.29) is 4.87 Å². The molecular formula is C9H16N2O2S. The predicted molar refractivity (Wildman–Crippen MR) is 57.8 cm³/mol. The Bertz CT molecular complexity index is 295. The molecule has 0 aliphatic rings. The van der Waals surface area contributed by atoms with E-state index in [1.807, 2.05) is 5.38 Å². The van der Waals surface area contributed by atoms with Gasteiger partial charge in [-0.3, -0.25) is 4.79 Å². The molecule has 0 atom stereocenters. The van der Waals surface area contributed by atoms with Gasteiger partial charge in [-0.25, -0.2) is 0 Å². The molecule has 0 bridgehead atoms. The Morgan fingerprint density at radius 2 is 2.43 bits per heavy atom. The third-order valence-electron chi connectivity index (χ3n) is 1.84. The van der Waals surface area contributed by atoms with Crippen molar-refractivity contribution in [2.24, 2.45) is 0 Å². The van der Waals surface area contributed by atoms with E-state index in [1.54, 1.807) is 7.11 Å². The van der Waals surface area contributed by atoms with Crippen LogP contribution >= 0.6 is 11.3 Å². The molecule has 1 aromatic rings. The minimum atomic E-state index is 0.0150. The van der Waals surface area contributed by atoms with Gasteiger partial charge in [0.05, 0.1) is 0 Å². The van der Waals surface area contributed by atoms with Crippen LogP contribution < -0.4 is 10.2 Å². The fourth-order valence-electron chi connectivity index (χ4n) is 1.12. The Morgan fingerprint density at radius 1 is 1.57 bits per heavy atom. The minimum Gasteiger partial charge on any atom is -0.385 e. The molecule has 0 aliphatic carbocycles. The molecule has 0 spiro atoms. The number of thiazole rings is 1. The fourth-order valence-corrected chi connectivity index (χ4v) is 1.70. The smallest absolute Gasteiger partial charge is 0.304 e. The maximum atomic E-state index is 10.8. The molecule has 0 aliphatic heterocycles. The molecule has 0 unspecified atom stereocenters. The van der Waals surface area contributed by atoms with E-state index < -0.39 is 0 Å². The van der Waals surface area contributed by atoms with Crippen LogP contribution in [0.25, 0.3) is 0 Å². The van der Waals surface area contributed by atoms with Crippen molar-refractivity contribution in [1.82, 2.24) is 10.3 Å². The second kappa shape index (κ2) is 6.75. The average molecular weight is 216 g/mol. The molecule has 0 saturated heterocycles. The number of nitrogens with one attached hydrogen (secondary N) is 2. The van der Waals surface area contributed by atoms with Crippen LogP contribution in [0.2, 0.25) is 0 Å². The van der Waals surface area contributed by atoms with E-state index in [9.17, 15) is 4.79 Å². The second-order valence-electron chi connectivity index (χ2n) is 3.05. The highest BCUT2D eigenvalue weighted by molar-refractivity contribution is 7.07. The van der Waals surface area contributed by atoms with Crippen LogP contribution in [0.5, 0.6) is 0 Å². The van der Waals surface area contributed by atoms with Crippen molar-refractivity contribution < 1.29 is 4.74 Å². The molecule has 1 rings (SSSR count). The normalized spacial score (nSPS) is 10.6. The predicted octanol–water partition coefficient (Wildman–Crippen LogP) is 0.953. The van der Waals surface area contributed by atoms with Crippen LogP contribution in [0, 0.1) is 0 Å². The van der Waals surface area contributed by atoms with Crippen LogP contribution in [0.15, 0.2) is 10.2 Å². The second-order valence-corrected chi connectivity index (χ2v) is 3.89. The Balaban J connectivity index is 2.02. The van der Waals surface area contributed by atoms with E-state index in [0.29, 0.717) is 0 Å². The van der Waals surface area contributed by atoms with Crippen LogP contribution in [0.1, 0.15) is 18.5 Å². The van der Waals surface area contributed by atoms with Gasteiger partial charge in [0.1, 0.15) is 0 Å². The van der Waals surface area contributed by atoms with Crippen LogP contribution in [0.4, 0.5) is 0 Å². The van der Waals surface area contributed by atoms with E-state index in [2.05, 4.69) is 10.3 Å². The number of H-pyrrole nitrogens is 1. The molecule has 5 heteroatoms. The van der Waals surface area contributed by atoms with Gasteiger partial charge in [0, 0.05) is 31.3 Å². The van der Waals surface area contributed by atoms with Crippen molar-refractivity contribution in [3.05, 3.63) is 20.7 Å². The Labute approximate surface area is 87.3 Å². The lowest BCUT2D eigenvalue weighted by atomic mass is 10.3. The SMILES string of the molecule is COCCCCNCc1csc(=O)[nH]1. The lowest BCUT2D eigenvalue weighted by Crippen LogP contribution is -2.16. The number of rotatable bonds is 7. The molecular weight excluding hydrogens is 200 g/mol. The summed E-state index contributed by atoms with van der Waals surface area (Å²) in [5, 5.41) is 5.11. The van der Waals surface area contributed by atoms with Crippen molar-refractivity contribution in [2.75, 3.05) is 20.3 Å². The molecule has 0 amide bonds. The number of aromatic nitrogens is 1. The zero-order valence-electron chi connectivity index (χ0n) is 8.34. The van der Waals surface area contributed by atoms with Gasteiger partial charge < -0.3 is 15.0 Å². The molecule has 1 aromatic heterocycles. The van der Waals surface area contributed by atoms with Gasteiger partial charge in [-0.2, -0.15) is 0 Å². The maximum Gasteiger partial charge on any atom is 0.304 e. The van der Waals surface area contributed by atoms with Crippen LogP contribution in [-0.2, 0) is 11.3 Å². The summed E-state index contributed by atoms with van der Waals surface area (Å²) in [6.45, 7) is 2.52. The first-order valence-corrected chi connectivity index (χ1v) is 5.57. The first kappa shape index (κ1) is 11.4. The summed E-state index contributed by atoms with van der Waals surface area (Å²) in [4.78, 5) is 13.6. The lowest BCUT2D eigenvalue weighted by molar-refractivity contribution is 0.192. The zero-order chi connectivity index (χ0) is 10.2. The molecule has 0 aromatic carbocycles. The standard InChI is InChI=1S/C9H16N2O2S/c1-13-5-3-2-4-10-6-8-7-14-9(12)11-8/h7,10H,2-6H2,1H3,(H,11,12). The van der Waals surface area contributed by atoms with E-state index in [4.69, 9.17) is 4.74 Å². The summed E-state index contributed by atoms with van der Waals surface area (Å²) < 4.78 is 4.94. The van der Waals surface area contributed by atoms with Gasteiger partial charge in [0.2, 0.25) is 0 Å². The van der Waals surface area contributed by atoms with Crippen LogP contribution in [-0.4, -0.2) is 25.2 Å². The quantitative estimate of drug-likeness (QED) is 0.667. The lowest BCUT2D eigenvalue weighted by Gasteiger charge is -2.02. The Morgan fingerprint density at radius 3 is 3.07 bits per heavy atom. The first-order chi connectivity index (χ1) is 6.83. The fraction of sp³-hybridized carbons (Fsp3) is 0.667. The van der Waals surface area contributed by atoms with Crippen molar-refractivity contribution in [3.8, 4) is 0 Å². The van der Waals surface area contributed by atoms with Crippen molar-refractivity contribution in [3.63, 3.8) is 0 Å². The molecule has 0 saturated carbocycles. The summed E-state index contributed by atoms with van der Waals surface area (Å²) in [5.74, 6) is 0. The van der Waals surface area contributed by atoms with E-state index in [0.717, 1.165) is 38.2 Å². The number of unbranched alkanes of at least 4 members (excludes halogenated alkanes) is 1. The number of aromatic amines is 1. The average Bonchev–Trinajstić information content (AvgIpc) is 2.58. The van der Waals surface area contributed by atoms with Crippen LogP contribution in [0.3, 0.4) is 0 Å². The molecule has 0 fully saturated rings. The first-order valence-electron chi connectivity index (χ1n) is 4.69.